The molecule has 2 rings (SSSR count). The van der Waals surface area contributed by atoms with Crippen LogP contribution in [0.25, 0.3) is 0 Å². The van der Waals surface area contributed by atoms with Crippen molar-refractivity contribution in [3.63, 3.8) is 0 Å². The fourth-order valence-corrected chi connectivity index (χ4v) is 2.07. The van der Waals surface area contributed by atoms with E-state index in [1.807, 2.05) is 0 Å². The van der Waals surface area contributed by atoms with Gasteiger partial charge in [0.25, 0.3) is 0 Å². The van der Waals surface area contributed by atoms with Crippen LogP contribution in [0.15, 0.2) is 35.1 Å². The highest BCUT2D eigenvalue weighted by Gasteiger charge is 2.16. The molecule has 1 atom stereocenters. The lowest BCUT2D eigenvalue weighted by molar-refractivity contribution is -0.119. The first-order chi connectivity index (χ1) is 8.97. The highest BCUT2D eigenvalue weighted by Crippen LogP contribution is 2.25. The maximum atomic E-state index is 12.1. The van der Waals surface area contributed by atoms with Gasteiger partial charge in [-0.3, -0.25) is 9.48 Å². The Morgan fingerprint density at radius 3 is 2.74 bits per heavy atom. The SMILES string of the molecule is CC(C(=O)Nc1ccc(Cl)c(Cl)c1)n1cc(Br)cn1. The lowest BCUT2D eigenvalue weighted by atomic mass is 10.2. The van der Waals surface area contributed by atoms with Crippen LogP contribution < -0.4 is 5.32 Å². The number of carbonyl (C=O) groups excluding carboxylic acids is 1. The number of halogens is 3. The number of carbonyl (C=O) groups is 1. The van der Waals surface area contributed by atoms with E-state index in [2.05, 4.69) is 26.3 Å². The second-order valence-electron chi connectivity index (χ2n) is 3.93. The van der Waals surface area contributed by atoms with Gasteiger partial charge in [-0.15, -0.1) is 0 Å². The van der Waals surface area contributed by atoms with E-state index >= 15 is 0 Å². The highest BCUT2D eigenvalue weighted by atomic mass is 79.9. The van der Waals surface area contributed by atoms with Crippen molar-refractivity contribution >= 4 is 50.7 Å². The summed E-state index contributed by atoms with van der Waals surface area (Å²) in [5.41, 5.74) is 0.595. The van der Waals surface area contributed by atoms with Gasteiger partial charge in [0, 0.05) is 11.9 Å². The van der Waals surface area contributed by atoms with Gasteiger partial charge in [0.1, 0.15) is 6.04 Å². The van der Waals surface area contributed by atoms with Crippen molar-refractivity contribution in [2.45, 2.75) is 13.0 Å². The number of anilines is 1. The van der Waals surface area contributed by atoms with Crippen LogP contribution >= 0.6 is 39.1 Å². The molecule has 7 heteroatoms. The first kappa shape index (κ1) is 14.4. The molecular formula is C12H10BrCl2N3O. The standard InChI is InChI=1S/C12H10BrCl2N3O/c1-7(18-6-8(13)5-16-18)12(19)17-9-2-3-10(14)11(15)4-9/h2-7H,1H3,(H,17,19). The zero-order valence-electron chi connectivity index (χ0n) is 9.90. The number of hydrogen-bond acceptors (Lipinski definition) is 2. The lowest BCUT2D eigenvalue weighted by Crippen LogP contribution is -2.23. The fourth-order valence-electron chi connectivity index (χ4n) is 1.47. The average Bonchev–Trinajstić information content (AvgIpc) is 2.79. The summed E-state index contributed by atoms with van der Waals surface area (Å²) in [6, 6.07) is 4.50. The molecule has 1 unspecified atom stereocenters. The predicted octanol–water partition coefficient (Wildman–Crippen LogP) is 4.15. The van der Waals surface area contributed by atoms with Gasteiger partial charge in [0.05, 0.1) is 20.7 Å². The zero-order chi connectivity index (χ0) is 14.0. The number of hydrogen-bond donors (Lipinski definition) is 1. The number of nitrogens with one attached hydrogen (secondary N) is 1. The second-order valence-corrected chi connectivity index (χ2v) is 5.66. The van der Waals surface area contributed by atoms with Crippen LogP contribution in [0.4, 0.5) is 5.69 Å². The third kappa shape index (κ3) is 3.49. The van der Waals surface area contributed by atoms with Gasteiger partial charge in [-0.2, -0.15) is 5.10 Å². The highest BCUT2D eigenvalue weighted by molar-refractivity contribution is 9.10. The Morgan fingerprint density at radius 1 is 1.42 bits per heavy atom. The molecule has 1 aromatic carbocycles. The summed E-state index contributed by atoms with van der Waals surface area (Å²) < 4.78 is 2.39. The van der Waals surface area contributed by atoms with Gasteiger partial charge < -0.3 is 5.32 Å². The van der Waals surface area contributed by atoms with E-state index in [1.54, 1.807) is 42.2 Å². The maximum absolute atomic E-state index is 12.1. The monoisotopic (exact) mass is 361 g/mol. The number of rotatable bonds is 3. The third-order valence-corrected chi connectivity index (χ3v) is 3.68. The molecule has 2 aromatic rings. The number of aromatic nitrogens is 2. The molecule has 0 fully saturated rings. The summed E-state index contributed by atoms with van der Waals surface area (Å²) in [6.45, 7) is 1.76. The van der Waals surface area contributed by atoms with Crippen LogP contribution in [0.3, 0.4) is 0 Å². The van der Waals surface area contributed by atoms with Gasteiger partial charge in [-0.25, -0.2) is 0 Å². The Labute approximate surface area is 128 Å². The molecule has 1 N–H and O–H groups in total. The Bertz CT molecular complexity index is 615. The molecular weight excluding hydrogens is 353 g/mol. The second kappa shape index (κ2) is 5.94. The van der Waals surface area contributed by atoms with Crippen LogP contribution in [0, 0.1) is 0 Å². The number of amides is 1. The van der Waals surface area contributed by atoms with E-state index in [9.17, 15) is 4.79 Å². The van der Waals surface area contributed by atoms with E-state index < -0.39 is 6.04 Å². The lowest BCUT2D eigenvalue weighted by Gasteiger charge is -2.13. The first-order valence-corrected chi connectivity index (χ1v) is 6.98. The first-order valence-electron chi connectivity index (χ1n) is 5.43. The van der Waals surface area contributed by atoms with Crippen LogP contribution in [0.5, 0.6) is 0 Å². The molecule has 19 heavy (non-hydrogen) atoms. The average molecular weight is 363 g/mol. The Kier molecular flexibility index (Phi) is 4.50. The van der Waals surface area contributed by atoms with Gasteiger partial charge in [0.2, 0.25) is 5.91 Å². The fraction of sp³-hybridized carbons (Fsp3) is 0.167. The molecule has 0 aliphatic carbocycles. The van der Waals surface area contributed by atoms with Gasteiger partial charge in [0.15, 0.2) is 0 Å². The van der Waals surface area contributed by atoms with Crippen LogP contribution in [-0.4, -0.2) is 15.7 Å². The van der Waals surface area contributed by atoms with Crippen molar-refractivity contribution in [3.05, 3.63) is 45.1 Å². The van der Waals surface area contributed by atoms with Crippen molar-refractivity contribution in [2.75, 3.05) is 5.32 Å². The minimum absolute atomic E-state index is 0.186. The van der Waals surface area contributed by atoms with Gasteiger partial charge in [-0.1, -0.05) is 23.2 Å². The molecule has 0 radical (unpaired) electrons. The Morgan fingerprint density at radius 2 is 2.16 bits per heavy atom. The summed E-state index contributed by atoms with van der Waals surface area (Å²) in [5.74, 6) is -0.186. The summed E-state index contributed by atoms with van der Waals surface area (Å²) in [7, 11) is 0. The third-order valence-electron chi connectivity index (χ3n) is 2.53. The summed E-state index contributed by atoms with van der Waals surface area (Å²) in [6.07, 6.45) is 3.36. The molecule has 0 bridgehead atoms. The van der Waals surface area contributed by atoms with Gasteiger partial charge >= 0.3 is 0 Å². The molecule has 0 saturated heterocycles. The number of benzene rings is 1. The van der Waals surface area contributed by atoms with Crippen LogP contribution in [0.2, 0.25) is 10.0 Å². The smallest absolute Gasteiger partial charge is 0.248 e. The van der Waals surface area contributed by atoms with Crippen molar-refractivity contribution in [1.29, 1.82) is 0 Å². The molecule has 0 spiro atoms. The molecule has 1 amide bonds. The summed E-state index contributed by atoms with van der Waals surface area (Å²) >= 11 is 15.0. The Hall–Kier alpha value is -1.04. The molecule has 0 aliphatic heterocycles. The van der Waals surface area contributed by atoms with Crippen molar-refractivity contribution < 1.29 is 4.79 Å². The topological polar surface area (TPSA) is 46.9 Å². The summed E-state index contributed by atoms with van der Waals surface area (Å²) in [5, 5.41) is 7.68. The minimum Gasteiger partial charge on any atom is -0.324 e. The van der Waals surface area contributed by atoms with Crippen LogP contribution in [0.1, 0.15) is 13.0 Å². The normalized spacial score (nSPS) is 12.2. The maximum Gasteiger partial charge on any atom is 0.248 e. The molecule has 0 saturated carbocycles. The molecule has 0 aliphatic rings. The molecule has 1 aromatic heterocycles. The number of nitrogens with zero attached hydrogens (tertiary/aromatic N) is 2. The minimum atomic E-state index is -0.430. The quantitative estimate of drug-likeness (QED) is 0.891. The van der Waals surface area contributed by atoms with E-state index in [-0.39, 0.29) is 5.91 Å². The van der Waals surface area contributed by atoms with E-state index in [4.69, 9.17) is 23.2 Å². The largest absolute Gasteiger partial charge is 0.324 e. The Balaban J connectivity index is 2.10. The van der Waals surface area contributed by atoms with E-state index in [1.165, 1.54) is 0 Å². The zero-order valence-corrected chi connectivity index (χ0v) is 13.0. The molecule has 4 nitrogen and oxygen atoms in total. The van der Waals surface area contributed by atoms with E-state index in [0.717, 1.165) is 4.47 Å². The van der Waals surface area contributed by atoms with Crippen LogP contribution in [-0.2, 0) is 4.79 Å². The van der Waals surface area contributed by atoms with Crippen molar-refractivity contribution in [1.82, 2.24) is 9.78 Å². The summed E-state index contributed by atoms with van der Waals surface area (Å²) in [4.78, 5) is 12.1. The predicted molar refractivity (Wildman–Crippen MR) is 79.7 cm³/mol. The van der Waals surface area contributed by atoms with E-state index in [0.29, 0.717) is 15.7 Å². The van der Waals surface area contributed by atoms with Crippen molar-refractivity contribution in [2.24, 2.45) is 0 Å². The molecule has 1 heterocycles. The van der Waals surface area contributed by atoms with Crippen molar-refractivity contribution in [3.8, 4) is 0 Å². The molecule has 100 valence electrons. The van der Waals surface area contributed by atoms with Gasteiger partial charge in [-0.05, 0) is 41.1 Å².